The number of aromatic nitrogens is 4. The molecule has 0 saturated carbocycles. The van der Waals surface area contributed by atoms with Gasteiger partial charge in [0.25, 0.3) is 5.91 Å². The van der Waals surface area contributed by atoms with E-state index in [1.54, 1.807) is 22.8 Å². The Morgan fingerprint density at radius 1 is 1.38 bits per heavy atom. The predicted octanol–water partition coefficient (Wildman–Crippen LogP) is 4.14. The Kier molecular flexibility index (Phi) is 5.25. The van der Waals surface area contributed by atoms with E-state index in [9.17, 15) is 9.18 Å². The van der Waals surface area contributed by atoms with Gasteiger partial charge in [-0.25, -0.2) is 13.9 Å². The van der Waals surface area contributed by atoms with E-state index >= 15 is 0 Å². The average Bonchev–Trinajstić information content (AvgIpc) is 3.46. The summed E-state index contributed by atoms with van der Waals surface area (Å²) in [6.07, 6.45) is 3.12. The maximum atomic E-state index is 14.4. The monoisotopic (exact) mass is 454 g/mol. The molecule has 0 radical (unpaired) electrons. The van der Waals surface area contributed by atoms with Crippen LogP contribution in [0.5, 0.6) is 0 Å². The summed E-state index contributed by atoms with van der Waals surface area (Å²) in [4.78, 5) is 23.2. The second-order valence-corrected chi connectivity index (χ2v) is 9.91. The van der Waals surface area contributed by atoms with Gasteiger partial charge in [0.15, 0.2) is 5.65 Å². The number of nitrogens with one attached hydrogen (secondary N) is 2. The molecule has 2 N–H and O–H groups in total. The van der Waals surface area contributed by atoms with Crippen molar-refractivity contribution in [2.45, 2.75) is 45.3 Å². The summed E-state index contributed by atoms with van der Waals surface area (Å²) in [6, 6.07) is 3.63. The topological polar surface area (TPSA) is 78.3 Å². The van der Waals surface area contributed by atoms with Crippen LogP contribution >= 0.6 is 11.3 Å². The third-order valence-corrected chi connectivity index (χ3v) is 7.49. The number of thiophene rings is 1. The van der Waals surface area contributed by atoms with Crippen LogP contribution in [0, 0.1) is 6.92 Å². The van der Waals surface area contributed by atoms with Crippen LogP contribution in [0.15, 0.2) is 24.7 Å². The summed E-state index contributed by atoms with van der Waals surface area (Å²) in [5.41, 5.74) is 6.07. The lowest BCUT2D eigenvalue weighted by molar-refractivity contribution is 0.0577. The molecule has 0 spiro atoms. The van der Waals surface area contributed by atoms with Gasteiger partial charge in [-0.05, 0) is 49.1 Å². The second-order valence-electron chi connectivity index (χ2n) is 8.85. The first kappa shape index (κ1) is 21.1. The van der Waals surface area contributed by atoms with Crippen molar-refractivity contribution in [1.29, 1.82) is 0 Å². The Morgan fingerprint density at radius 3 is 2.94 bits per heavy atom. The summed E-state index contributed by atoms with van der Waals surface area (Å²) in [5, 5.41) is 7.34. The molecular weight excluding hydrogens is 427 g/mol. The van der Waals surface area contributed by atoms with Crippen molar-refractivity contribution in [3.63, 3.8) is 0 Å². The lowest BCUT2D eigenvalue weighted by Crippen LogP contribution is -2.51. The number of pyridine rings is 1. The highest BCUT2D eigenvalue weighted by molar-refractivity contribution is 7.21. The van der Waals surface area contributed by atoms with E-state index in [1.807, 2.05) is 19.2 Å². The Morgan fingerprint density at radius 2 is 2.19 bits per heavy atom. The van der Waals surface area contributed by atoms with Gasteiger partial charge in [-0.3, -0.25) is 4.79 Å². The zero-order valence-electron chi connectivity index (χ0n) is 18.6. The molecule has 2 atom stereocenters. The molecular formula is C23H27FN6OS. The Balaban J connectivity index is 1.54. The van der Waals surface area contributed by atoms with Crippen molar-refractivity contribution < 1.29 is 9.18 Å². The summed E-state index contributed by atoms with van der Waals surface area (Å²) in [6.45, 7) is 7.36. The standard InChI is InChI=1S/C23H27FN6OS/c1-12(2)19-20(14-7-13(3)22-26-11-27-30(22)10-14)28-16-8-18(32-21(16)19)23(31)29(4)17-5-6-25-9-15(17)24/h7-8,10-12,15,17,25,28H,5-6,9H2,1-4H3/t15-,17+/m0/s1. The fourth-order valence-electron chi connectivity index (χ4n) is 4.68. The smallest absolute Gasteiger partial charge is 0.264 e. The molecule has 0 unspecified atom stereocenters. The van der Waals surface area contributed by atoms with Gasteiger partial charge in [-0.2, -0.15) is 5.10 Å². The van der Waals surface area contributed by atoms with E-state index in [0.29, 0.717) is 17.8 Å². The average molecular weight is 455 g/mol. The zero-order valence-corrected chi connectivity index (χ0v) is 19.5. The van der Waals surface area contributed by atoms with Gasteiger partial charge >= 0.3 is 0 Å². The van der Waals surface area contributed by atoms with Gasteiger partial charge < -0.3 is 15.2 Å². The number of hydrogen-bond acceptors (Lipinski definition) is 5. The van der Waals surface area contributed by atoms with Gasteiger partial charge in [-0.15, -0.1) is 11.3 Å². The van der Waals surface area contributed by atoms with Gasteiger partial charge in [-0.1, -0.05) is 13.8 Å². The van der Waals surface area contributed by atoms with Crippen molar-refractivity contribution in [2.24, 2.45) is 0 Å². The van der Waals surface area contributed by atoms with Crippen LogP contribution in [0.25, 0.3) is 27.1 Å². The van der Waals surface area contributed by atoms with Crippen molar-refractivity contribution >= 4 is 33.1 Å². The maximum absolute atomic E-state index is 14.4. The number of halogens is 1. The molecule has 4 aromatic heterocycles. The summed E-state index contributed by atoms with van der Waals surface area (Å²) in [7, 11) is 1.71. The molecule has 4 aromatic rings. The van der Waals surface area contributed by atoms with Crippen LogP contribution in [0.2, 0.25) is 0 Å². The highest BCUT2D eigenvalue weighted by Gasteiger charge is 2.32. The van der Waals surface area contributed by atoms with Crippen LogP contribution in [0.1, 0.15) is 47.0 Å². The number of carbonyl (C=O) groups is 1. The Bertz CT molecular complexity index is 1300. The number of fused-ring (bicyclic) bond motifs is 2. The van der Waals surface area contributed by atoms with E-state index in [1.165, 1.54) is 16.9 Å². The minimum atomic E-state index is -1.05. The maximum Gasteiger partial charge on any atom is 0.264 e. The van der Waals surface area contributed by atoms with Gasteiger partial charge in [0.2, 0.25) is 0 Å². The zero-order chi connectivity index (χ0) is 22.6. The molecule has 0 aliphatic carbocycles. The van der Waals surface area contributed by atoms with E-state index in [0.717, 1.165) is 39.2 Å². The minimum absolute atomic E-state index is 0.120. The van der Waals surface area contributed by atoms with Crippen molar-refractivity contribution in [3.05, 3.63) is 40.7 Å². The third-order valence-electron chi connectivity index (χ3n) is 6.33. The number of carbonyl (C=O) groups excluding carboxylic acids is 1. The van der Waals surface area contributed by atoms with Crippen LogP contribution in [0.3, 0.4) is 0 Å². The second kappa shape index (κ2) is 7.97. The molecule has 7 nitrogen and oxygen atoms in total. The van der Waals surface area contributed by atoms with E-state index in [2.05, 4.69) is 40.3 Å². The molecule has 1 fully saturated rings. The minimum Gasteiger partial charge on any atom is -0.354 e. The quantitative estimate of drug-likeness (QED) is 0.486. The first-order valence-electron chi connectivity index (χ1n) is 10.9. The highest BCUT2D eigenvalue weighted by Crippen LogP contribution is 2.40. The SMILES string of the molecule is Cc1cc(-c2[nH]c3cc(C(=O)N(C)[C@@H]4CCNC[C@@H]4F)sc3c2C(C)C)cn2ncnc12. The van der Waals surface area contributed by atoms with Gasteiger partial charge in [0.05, 0.1) is 26.8 Å². The molecule has 5 heterocycles. The number of nitrogens with zero attached hydrogens (tertiary/aromatic N) is 4. The summed E-state index contributed by atoms with van der Waals surface area (Å²) < 4.78 is 17.2. The van der Waals surface area contributed by atoms with E-state index in [-0.39, 0.29) is 17.9 Å². The fraction of sp³-hybridized carbons (Fsp3) is 0.435. The number of hydrogen-bond donors (Lipinski definition) is 2. The molecule has 0 aromatic carbocycles. The molecule has 168 valence electrons. The molecule has 0 bridgehead atoms. The number of piperidine rings is 1. The lowest BCUT2D eigenvalue weighted by Gasteiger charge is -2.34. The molecule has 32 heavy (non-hydrogen) atoms. The normalized spacial score (nSPS) is 19.3. The predicted molar refractivity (Wildman–Crippen MR) is 125 cm³/mol. The number of aromatic amines is 1. The van der Waals surface area contributed by atoms with Crippen LogP contribution in [-0.2, 0) is 0 Å². The molecule has 1 aliphatic heterocycles. The third kappa shape index (κ3) is 3.40. The summed E-state index contributed by atoms with van der Waals surface area (Å²) >= 11 is 1.48. The van der Waals surface area contributed by atoms with Crippen LogP contribution in [-0.4, -0.2) is 62.7 Å². The largest absolute Gasteiger partial charge is 0.354 e. The van der Waals surface area contributed by atoms with Crippen molar-refractivity contribution in [2.75, 3.05) is 20.1 Å². The first-order chi connectivity index (χ1) is 15.3. The molecule has 1 amide bonds. The van der Waals surface area contributed by atoms with Gasteiger partial charge in [0.1, 0.15) is 12.5 Å². The summed E-state index contributed by atoms with van der Waals surface area (Å²) in [5.74, 6) is 0.134. The molecule has 1 aliphatic rings. The number of H-pyrrole nitrogens is 1. The van der Waals surface area contributed by atoms with Crippen molar-refractivity contribution in [1.82, 2.24) is 29.8 Å². The van der Waals surface area contributed by atoms with E-state index in [4.69, 9.17) is 0 Å². The Hall–Kier alpha value is -2.78. The first-order valence-corrected chi connectivity index (χ1v) is 11.7. The lowest BCUT2D eigenvalue weighted by atomic mass is 9.99. The van der Waals surface area contributed by atoms with Crippen LogP contribution in [0.4, 0.5) is 4.39 Å². The van der Waals surface area contributed by atoms with Crippen molar-refractivity contribution in [3.8, 4) is 11.3 Å². The number of alkyl halides is 1. The number of amides is 1. The van der Waals surface area contributed by atoms with E-state index < -0.39 is 6.17 Å². The van der Waals surface area contributed by atoms with Crippen LogP contribution < -0.4 is 5.32 Å². The number of rotatable bonds is 4. The highest BCUT2D eigenvalue weighted by atomic mass is 32.1. The molecule has 9 heteroatoms. The van der Waals surface area contributed by atoms with Gasteiger partial charge in [0, 0.05) is 25.4 Å². The molecule has 5 rings (SSSR count). The Labute approximate surface area is 189 Å². The number of aryl methyl sites for hydroxylation is 1. The molecule has 1 saturated heterocycles. The fourth-order valence-corrected chi connectivity index (χ4v) is 5.98.